The Balaban J connectivity index is 1.93. The Morgan fingerprint density at radius 2 is 1.70 bits per heavy atom. The van der Waals surface area contributed by atoms with Crippen molar-refractivity contribution < 1.29 is 4.79 Å². The van der Waals surface area contributed by atoms with Gasteiger partial charge in [0.1, 0.15) is 0 Å². The molecular weight excluding hydrogens is 288 g/mol. The van der Waals surface area contributed by atoms with E-state index < -0.39 is 0 Å². The van der Waals surface area contributed by atoms with E-state index in [1.165, 1.54) is 6.20 Å². The number of nitrogens with one attached hydrogen (secondary N) is 2. The third kappa shape index (κ3) is 3.21. The largest absolute Gasteiger partial charge is 0.328 e. The molecule has 0 saturated carbocycles. The molecule has 4 nitrogen and oxygen atoms in total. The van der Waals surface area contributed by atoms with Gasteiger partial charge in [-0.15, -0.1) is 0 Å². The van der Waals surface area contributed by atoms with Crippen LogP contribution in [-0.2, 0) is 0 Å². The Bertz CT molecular complexity index is 898. The third-order valence-corrected chi connectivity index (χ3v) is 3.64. The van der Waals surface area contributed by atoms with Crippen molar-refractivity contribution in [1.82, 2.24) is 4.98 Å². The van der Waals surface area contributed by atoms with E-state index in [-0.39, 0.29) is 11.5 Å². The number of aryl methyl sites for hydroxylation is 1. The summed E-state index contributed by atoms with van der Waals surface area (Å²) in [7, 11) is 0. The van der Waals surface area contributed by atoms with Gasteiger partial charge < -0.3 is 10.3 Å². The molecule has 4 heteroatoms. The maximum absolute atomic E-state index is 12.4. The highest BCUT2D eigenvalue weighted by Gasteiger charge is 2.11. The van der Waals surface area contributed by atoms with E-state index in [1.807, 2.05) is 61.5 Å². The van der Waals surface area contributed by atoms with Crippen molar-refractivity contribution in [3.05, 3.63) is 88.3 Å². The molecule has 0 fully saturated rings. The highest BCUT2D eigenvalue weighted by molar-refractivity contribution is 6.05. The summed E-state index contributed by atoms with van der Waals surface area (Å²) in [4.78, 5) is 27.1. The van der Waals surface area contributed by atoms with Crippen molar-refractivity contribution in [2.24, 2.45) is 0 Å². The number of amides is 1. The zero-order valence-corrected chi connectivity index (χ0v) is 12.7. The predicted molar refractivity (Wildman–Crippen MR) is 91.6 cm³/mol. The van der Waals surface area contributed by atoms with Crippen molar-refractivity contribution in [2.75, 3.05) is 5.32 Å². The van der Waals surface area contributed by atoms with Gasteiger partial charge in [-0.1, -0.05) is 48.5 Å². The Kier molecular flexibility index (Phi) is 4.06. The minimum absolute atomic E-state index is 0.219. The highest BCUT2D eigenvalue weighted by Crippen LogP contribution is 2.18. The van der Waals surface area contributed by atoms with E-state index in [4.69, 9.17) is 0 Å². The lowest BCUT2D eigenvalue weighted by molar-refractivity contribution is 0.102. The number of para-hydroxylation sites is 1. The van der Waals surface area contributed by atoms with Crippen molar-refractivity contribution in [3.63, 3.8) is 0 Å². The Morgan fingerprint density at radius 1 is 1.00 bits per heavy atom. The minimum atomic E-state index is -0.257. The Hall–Kier alpha value is -3.14. The molecule has 0 radical (unpaired) electrons. The van der Waals surface area contributed by atoms with E-state index in [2.05, 4.69) is 10.3 Å². The molecule has 3 rings (SSSR count). The molecule has 0 spiro atoms. The number of benzene rings is 2. The van der Waals surface area contributed by atoms with Crippen LogP contribution in [0, 0.1) is 6.92 Å². The van der Waals surface area contributed by atoms with Gasteiger partial charge in [-0.25, -0.2) is 0 Å². The van der Waals surface area contributed by atoms with Crippen LogP contribution >= 0.6 is 0 Å². The second-order valence-electron chi connectivity index (χ2n) is 5.27. The van der Waals surface area contributed by atoms with E-state index in [0.29, 0.717) is 11.1 Å². The van der Waals surface area contributed by atoms with E-state index in [9.17, 15) is 9.59 Å². The molecule has 1 amide bonds. The molecule has 2 aromatic carbocycles. The third-order valence-electron chi connectivity index (χ3n) is 3.64. The van der Waals surface area contributed by atoms with Crippen molar-refractivity contribution >= 4 is 11.6 Å². The van der Waals surface area contributed by atoms with Gasteiger partial charge in [-0.05, 0) is 30.2 Å². The summed E-state index contributed by atoms with van der Waals surface area (Å²) in [5, 5.41) is 2.86. The fourth-order valence-corrected chi connectivity index (χ4v) is 2.35. The fourth-order valence-electron chi connectivity index (χ4n) is 2.35. The summed E-state index contributed by atoms with van der Waals surface area (Å²) in [5.74, 6) is -0.257. The lowest BCUT2D eigenvalue weighted by Gasteiger charge is -2.09. The van der Waals surface area contributed by atoms with Crippen LogP contribution in [0.2, 0.25) is 0 Å². The van der Waals surface area contributed by atoms with Gasteiger partial charge in [0.25, 0.3) is 11.5 Å². The number of aromatic nitrogens is 1. The monoisotopic (exact) mass is 304 g/mol. The second-order valence-corrected chi connectivity index (χ2v) is 5.27. The van der Waals surface area contributed by atoms with Gasteiger partial charge in [-0.3, -0.25) is 9.59 Å². The Labute approximate surface area is 133 Å². The van der Waals surface area contributed by atoms with Crippen LogP contribution in [0.3, 0.4) is 0 Å². The number of pyridine rings is 1. The van der Waals surface area contributed by atoms with Gasteiger partial charge in [0.05, 0.1) is 5.56 Å². The van der Waals surface area contributed by atoms with Crippen LogP contribution in [0.5, 0.6) is 0 Å². The first-order valence-corrected chi connectivity index (χ1v) is 7.30. The van der Waals surface area contributed by atoms with Crippen LogP contribution < -0.4 is 10.9 Å². The van der Waals surface area contributed by atoms with Crippen LogP contribution in [0.25, 0.3) is 11.1 Å². The molecule has 3 aromatic rings. The smallest absolute Gasteiger partial charge is 0.257 e. The van der Waals surface area contributed by atoms with E-state index in [0.717, 1.165) is 16.8 Å². The minimum Gasteiger partial charge on any atom is -0.328 e. The summed E-state index contributed by atoms with van der Waals surface area (Å²) in [5.41, 5.74) is 3.18. The summed E-state index contributed by atoms with van der Waals surface area (Å²) >= 11 is 0. The summed E-state index contributed by atoms with van der Waals surface area (Å²) in [6.07, 6.45) is 1.43. The van der Waals surface area contributed by atoms with Crippen LogP contribution in [0.1, 0.15) is 15.9 Å². The first kappa shape index (κ1) is 14.8. The lowest BCUT2D eigenvalue weighted by Crippen LogP contribution is -2.17. The summed E-state index contributed by atoms with van der Waals surface area (Å²) in [6.45, 7) is 1.93. The highest BCUT2D eigenvalue weighted by atomic mass is 16.1. The lowest BCUT2D eigenvalue weighted by atomic mass is 10.1. The summed E-state index contributed by atoms with van der Waals surface area (Å²) < 4.78 is 0. The van der Waals surface area contributed by atoms with Crippen molar-refractivity contribution in [2.45, 2.75) is 6.92 Å². The molecule has 0 atom stereocenters. The number of hydrogen-bond acceptors (Lipinski definition) is 2. The van der Waals surface area contributed by atoms with Gasteiger partial charge in [0.15, 0.2) is 0 Å². The average Bonchev–Trinajstić information content (AvgIpc) is 2.58. The van der Waals surface area contributed by atoms with E-state index >= 15 is 0 Å². The van der Waals surface area contributed by atoms with Gasteiger partial charge in [-0.2, -0.15) is 0 Å². The molecule has 0 aliphatic rings. The van der Waals surface area contributed by atoms with Crippen LogP contribution in [-0.4, -0.2) is 10.9 Å². The molecule has 1 heterocycles. The second kappa shape index (κ2) is 6.32. The maximum Gasteiger partial charge on any atom is 0.257 e. The van der Waals surface area contributed by atoms with Gasteiger partial charge >= 0.3 is 0 Å². The van der Waals surface area contributed by atoms with Crippen molar-refractivity contribution in [3.8, 4) is 11.1 Å². The maximum atomic E-state index is 12.4. The molecule has 0 aliphatic carbocycles. The van der Waals surface area contributed by atoms with Gasteiger partial charge in [0, 0.05) is 17.4 Å². The standard InChI is InChI=1S/C19H16N2O2/c1-13-7-5-6-10-17(13)21-18(22)15-11-16(19(23)20-12-15)14-8-3-2-4-9-14/h2-12H,1H3,(H,20,23)(H,21,22). The summed E-state index contributed by atoms with van der Waals surface area (Å²) in [6, 6.07) is 18.4. The zero-order valence-electron chi connectivity index (χ0n) is 12.7. The predicted octanol–water partition coefficient (Wildman–Crippen LogP) is 3.60. The topological polar surface area (TPSA) is 62.0 Å². The van der Waals surface area contributed by atoms with Crippen LogP contribution in [0.4, 0.5) is 5.69 Å². The molecule has 23 heavy (non-hydrogen) atoms. The normalized spacial score (nSPS) is 10.3. The first-order valence-electron chi connectivity index (χ1n) is 7.30. The molecule has 114 valence electrons. The molecular formula is C19H16N2O2. The van der Waals surface area contributed by atoms with Crippen molar-refractivity contribution in [1.29, 1.82) is 0 Å². The molecule has 0 bridgehead atoms. The molecule has 0 aliphatic heterocycles. The molecule has 1 aromatic heterocycles. The number of hydrogen-bond donors (Lipinski definition) is 2. The number of carbonyl (C=O) groups is 1. The van der Waals surface area contributed by atoms with E-state index in [1.54, 1.807) is 6.07 Å². The number of H-pyrrole nitrogens is 1. The number of anilines is 1. The quantitative estimate of drug-likeness (QED) is 0.776. The van der Waals surface area contributed by atoms with Crippen LogP contribution in [0.15, 0.2) is 71.7 Å². The molecule has 0 unspecified atom stereocenters. The molecule has 0 saturated heterocycles. The SMILES string of the molecule is Cc1ccccc1NC(=O)c1c[nH]c(=O)c(-c2ccccc2)c1. The zero-order chi connectivity index (χ0) is 16.2. The number of carbonyl (C=O) groups excluding carboxylic acids is 1. The Morgan fingerprint density at radius 3 is 2.43 bits per heavy atom. The average molecular weight is 304 g/mol. The number of rotatable bonds is 3. The van der Waals surface area contributed by atoms with Gasteiger partial charge in [0.2, 0.25) is 0 Å². The fraction of sp³-hybridized carbons (Fsp3) is 0.0526. The first-order chi connectivity index (χ1) is 11.1. The molecule has 2 N–H and O–H groups in total. The number of aromatic amines is 1.